The molecular weight excluding hydrogens is 270 g/mol. The van der Waals surface area contributed by atoms with Crippen LogP contribution in [-0.2, 0) is 16.0 Å². The second-order valence-corrected chi connectivity index (χ2v) is 6.10. The van der Waals surface area contributed by atoms with Crippen LogP contribution in [0.25, 0.3) is 0 Å². The van der Waals surface area contributed by atoms with Crippen molar-refractivity contribution >= 4 is 11.9 Å². The third-order valence-electron chi connectivity index (χ3n) is 4.87. The van der Waals surface area contributed by atoms with Crippen LogP contribution in [0.2, 0.25) is 0 Å². The first-order valence-electron chi connectivity index (χ1n) is 7.35. The zero-order valence-corrected chi connectivity index (χ0v) is 11.7. The molecule has 112 valence electrons. The van der Waals surface area contributed by atoms with Gasteiger partial charge >= 0.3 is 5.97 Å². The van der Waals surface area contributed by atoms with Crippen LogP contribution in [0.1, 0.15) is 24.8 Å². The predicted molar refractivity (Wildman–Crippen MR) is 75.7 cm³/mol. The molecule has 0 aromatic heterocycles. The molecule has 0 heterocycles. The second kappa shape index (κ2) is 5.39. The number of phenols is 1. The minimum atomic E-state index is -0.810. The van der Waals surface area contributed by atoms with Crippen molar-refractivity contribution in [1.29, 1.82) is 0 Å². The van der Waals surface area contributed by atoms with Gasteiger partial charge in [-0.2, -0.15) is 0 Å². The topological polar surface area (TPSA) is 86.6 Å². The van der Waals surface area contributed by atoms with E-state index in [2.05, 4.69) is 5.32 Å². The second-order valence-electron chi connectivity index (χ2n) is 6.10. The summed E-state index contributed by atoms with van der Waals surface area (Å²) in [5.41, 5.74) is 0.560. The molecule has 2 aliphatic rings. The van der Waals surface area contributed by atoms with E-state index < -0.39 is 11.9 Å². The Kier molecular flexibility index (Phi) is 3.57. The molecule has 1 amide bonds. The van der Waals surface area contributed by atoms with Crippen molar-refractivity contribution < 1.29 is 19.8 Å². The van der Waals surface area contributed by atoms with Gasteiger partial charge in [-0.25, -0.2) is 0 Å². The molecule has 1 aromatic rings. The van der Waals surface area contributed by atoms with Crippen molar-refractivity contribution in [3.8, 4) is 5.75 Å². The first-order valence-corrected chi connectivity index (χ1v) is 7.35. The highest BCUT2D eigenvalue weighted by Crippen LogP contribution is 2.48. The number of carboxylic acids is 1. The molecule has 0 spiro atoms. The summed E-state index contributed by atoms with van der Waals surface area (Å²) in [6, 6.07) is 6.44. The van der Waals surface area contributed by atoms with Gasteiger partial charge in [-0.3, -0.25) is 9.59 Å². The maximum absolute atomic E-state index is 12.1. The number of nitrogens with one attached hydrogen (secondary N) is 1. The van der Waals surface area contributed by atoms with E-state index in [1.165, 1.54) is 0 Å². The molecule has 2 saturated carbocycles. The number of hydrogen-bond donors (Lipinski definition) is 3. The van der Waals surface area contributed by atoms with E-state index in [-0.39, 0.29) is 36.0 Å². The third-order valence-corrected chi connectivity index (χ3v) is 4.87. The lowest BCUT2D eigenvalue weighted by atomic mass is 9.84. The van der Waals surface area contributed by atoms with Crippen LogP contribution in [0.15, 0.2) is 24.3 Å². The Hall–Kier alpha value is -2.04. The maximum atomic E-state index is 12.1. The van der Waals surface area contributed by atoms with E-state index in [0.29, 0.717) is 5.56 Å². The normalized spacial score (nSPS) is 30.3. The lowest BCUT2D eigenvalue weighted by Gasteiger charge is -2.28. The highest BCUT2D eigenvalue weighted by molar-refractivity contribution is 5.81. The van der Waals surface area contributed by atoms with Crippen molar-refractivity contribution in [2.75, 3.05) is 0 Å². The Morgan fingerprint density at radius 3 is 2.62 bits per heavy atom. The fraction of sp³-hybridized carbons (Fsp3) is 0.500. The molecule has 0 aliphatic heterocycles. The molecule has 21 heavy (non-hydrogen) atoms. The number of carbonyl (C=O) groups excluding carboxylic acids is 1. The van der Waals surface area contributed by atoms with Gasteiger partial charge in [0.05, 0.1) is 12.3 Å². The number of rotatable bonds is 4. The molecule has 2 fully saturated rings. The Labute approximate surface area is 123 Å². The van der Waals surface area contributed by atoms with Gasteiger partial charge in [0.15, 0.2) is 0 Å². The van der Waals surface area contributed by atoms with Crippen molar-refractivity contribution in [2.24, 2.45) is 17.8 Å². The van der Waals surface area contributed by atoms with Gasteiger partial charge in [-0.05, 0) is 37.2 Å². The van der Waals surface area contributed by atoms with Crippen LogP contribution in [0, 0.1) is 17.8 Å². The third kappa shape index (κ3) is 2.60. The number of fused-ring (bicyclic) bond motifs is 2. The van der Waals surface area contributed by atoms with Gasteiger partial charge in [0, 0.05) is 11.6 Å². The van der Waals surface area contributed by atoms with E-state index in [1.807, 2.05) is 0 Å². The molecule has 2 aliphatic carbocycles. The Balaban J connectivity index is 1.67. The predicted octanol–water partition coefficient (Wildman–Crippen LogP) is 1.55. The summed E-state index contributed by atoms with van der Waals surface area (Å²) in [4.78, 5) is 23.6. The maximum Gasteiger partial charge on any atom is 0.308 e. The van der Waals surface area contributed by atoms with Crippen LogP contribution in [-0.4, -0.2) is 28.1 Å². The summed E-state index contributed by atoms with van der Waals surface area (Å²) < 4.78 is 0. The van der Waals surface area contributed by atoms with Crippen LogP contribution < -0.4 is 5.32 Å². The van der Waals surface area contributed by atoms with Crippen molar-refractivity contribution in [1.82, 2.24) is 5.32 Å². The standard InChI is InChI=1S/C16H19NO4/c18-12-4-2-1-3-9(12)8-13(19)17-15-11-6-5-10(7-11)14(15)16(20)21/h1-4,10-11,14-15,18H,5-8H2,(H,17,19)(H,20,21). The van der Waals surface area contributed by atoms with Gasteiger partial charge in [0.25, 0.3) is 0 Å². The first-order chi connectivity index (χ1) is 10.1. The fourth-order valence-corrected chi connectivity index (χ4v) is 3.92. The van der Waals surface area contributed by atoms with Crippen LogP contribution in [0.4, 0.5) is 0 Å². The number of benzene rings is 1. The van der Waals surface area contributed by atoms with Crippen LogP contribution in [0.3, 0.4) is 0 Å². The van der Waals surface area contributed by atoms with Gasteiger partial charge < -0.3 is 15.5 Å². The largest absolute Gasteiger partial charge is 0.508 e. The minimum Gasteiger partial charge on any atom is -0.508 e. The number of para-hydroxylation sites is 1. The van der Waals surface area contributed by atoms with Gasteiger partial charge in [-0.15, -0.1) is 0 Å². The molecular formula is C16H19NO4. The molecule has 5 heteroatoms. The average molecular weight is 289 g/mol. The fourth-order valence-electron chi connectivity index (χ4n) is 3.92. The van der Waals surface area contributed by atoms with Crippen molar-refractivity contribution in [2.45, 2.75) is 31.7 Å². The van der Waals surface area contributed by atoms with E-state index in [4.69, 9.17) is 0 Å². The number of hydrogen-bond acceptors (Lipinski definition) is 3. The molecule has 3 N–H and O–H groups in total. The van der Waals surface area contributed by atoms with Crippen molar-refractivity contribution in [3.05, 3.63) is 29.8 Å². The number of carboxylic acid groups (broad SMARTS) is 1. The smallest absolute Gasteiger partial charge is 0.308 e. The Morgan fingerprint density at radius 2 is 1.90 bits per heavy atom. The Morgan fingerprint density at radius 1 is 1.19 bits per heavy atom. The Bertz CT molecular complexity index is 571. The summed E-state index contributed by atoms with van der Waals surface area (Å²) in [5, 5.41) is 21.9. The summed E-state index contributed by atoms with van der Waals surface area (Å²) in [6.45, 7) is 0. The number of aromatic hydroxyl groups is 1. The van der Waals surface area contributed by atoms with E-state index in [9.17, 15) is 19.8 Å². The zero-order chi connectivity index (χ0) is 15.0. The molecule has 1 aromatic carbocycles. The SMILES string of the molecule is O=C(Cc1ccccc1O)NC1C2CCC(C2)C1C(=O)O. The summed E-state index contributed by atoms with van der Waals surface area (Å²) >= 11 is 0. The van der Waals surface area contributed by atoms with Gasteiger partial charge in [-0.1, -0.05) is 18.2 Å². The monoisotopic (exact) mass is 289 g/mol. The number of phenolic OH excluding ortho intramolecular Hbond substituents is 1. The van der Waals surface area contributed by atoms with Crippen LogP contribution in [0.5, 0.6) is 5.75 Å². The quantitative estimate of drug-likeness (QED) is 0.785. The van der Waals surface area contributed by atoms with E-state index in [0.717, 1.165) is 19.3 Å². The zero-order valence-electron chi connectivity index (χ0n) is 11.7. The average Bonchev–Trinajstić information content (AvgIpc) is 3.02. The molecule has 4 unspecified atom stereocenters. The highest BCUT2D eigenvalue weighted by atomic mass is 16.4. The molecule has 2 bridgehead atoms. The van der Waals surface area contributed by atoms with E-state index in [1.54, 1.807) is 24.3 Å². The lowest BCUT2D eigenvalue weighted by Crippen LogP contribution is -2.47. The molecule has 0 radical (unpaired) electrons. The molecule has 5 nitrogen and oxygen atoms in total. The lowest BCUT2D eigenvalue weighted by molar-refractivity contribution is -0.144. The molecule has 3 rings (SSSR count). The summed E-state index contributed by atoms with van der Waals surface area (Å²) in [6.07, 6.45) is 2.93. The summed E-state index contributed by atoms with van der Waals surface area (Å²) in [5.74, 6) is -0.921. The van der Waals surface area contributed by atoms with Gasteiger partial charge in [0.1, 0.15) is 5.75 Å². The number of amides is 1. The summed E-state index contributed by atoms with van der Waals surface area (Å²) in [7, 11) is 0. The van der Waals surface area contributed by atoms with Gasteiger partial charge in [0.2, 0.25) is 5.91 Å². The van der Waals surface area contributed by atoms with Crippen LogP contribution >= 0.6 is 0 Å². The highest BCUT2D eigenvalue weighted by Gasteiger charge is 2.51. The number of aliphatic carboxylic acids is 1. The number of carbonyl (C=O) groups is 2. The molecule has 4 atom stereocenters. The first kappa shape index (κ1) is 13.9. The molecule has 0 saturated heterocycles. The van der Waals surface area contributed by atoms with E-state index >= 15 is 0 Å². The minimum absolute atomic E-state index is 0.0763. The van der Waals surface area contributed by atoms with Crippen molar-refractivity contribution in [3.63, 3.8) is 0 Å².